The molecule has 0 atom stereocenters. The van der Waals surface area contributed by atoms with Crippen molar-refractivity contribution in [3.05, 3.63) is 339 Å². The monoisotopic (exact) mass is 1170 g/mol. The van der Waals surface area contributed by atoms with Crippen LogP contribution in [-0.4, -0.2) is 22.4 Å². The molecule has 0 aliphatic rings. The summed E-state index contributed by atoms with van der Waals surface area (Å²) in [5, 5.41) is 25.8. The van der Waals surface area contributed by atoms with E-state index in [4.69, 9.17) is 0 Å². The molecule has 0 aliphatic carbocycles. The van der Waals surface area contributed by atoms with Gasteiger partial charge in [-0.1, -0.05) is 48.5 Å². The van der Waals surface area contributed by atoms with Gasteiger partial charge in [0.1, 0.15) is 0 Å². The number of anilines is 6. The first kappa shape index (κ1) is 52.4. The predicted molar refractivity (Wildman–Crippen MR) is 363 cm³/mol. The van der Waals surface area contributed by atoms with Crippen molar-refractivity contribution in [3.63, 3.8) is 0 Å². The summed E-state index contributed by atoms with van der Waals surface area (Å²) in [6.45, 7) is 0. The summed E-state index contributed by atoms with van der Waals surface area (Å²) in [5.41, 5.74) is 14.9. The molecule has 0 spiro atoms. The van der Waals surface area contributed by atoms with E-state index in [0.717, 1.165) is 100 Å². The molecule has 2 aromatic heterocycles. The number of hydrogen-bond acceptors (Lipinski definition) is 4. The summed E-state index contributed by atoms with van der Waals surface area (Å²) in [6.07, 6.45) is 0. The summed E-state index contributed by atoms with van der Waals surface area (Å²) in [4.78, 5) is 4.66. The van der Waals surface area contributed by atoms with Crippen molar-refractivity contribution in [2.45, 2.75) is 0 Å². The van der Waals surface area contributed by atoms with Gasteiger partial charge in [-0.25, -0.2) is 0 Å². The zero-order chi connectivity index (χ0) is 58.3. The first-order valence-electron chi connectivity index (χ1n) is 29.3. The maximum atomic E-state index is 10.9. The molecule has 0 radical (unpaired) electrons. The maximum absolute atomic E-state index is 10.9. The number of hydrogen-bond donors (Lipinski definition) is 0. The van der Waals surface area contributed by atoms with Crippen molar-refractivity contribution in [2.24, 2.45) is 0 Å². The van der Waals surface area contributed by atoms with Crippen LogP contribution in [0.25, 0.3) is 66.1 Å². The Bertz CT molecular complexity index is 4940. The van der Waals surface area contributed by atoms with E-state index in [1.807, 2.05) is 18.2 Å². The Morgan fingerprint density at radius 2 is 0.621 bits per heavy atom. The number of nitriles is 2. The van der Waals surface area contributed by atoms with Crippen LogP contribution >= 0.6 is 0 Å². The molecule has 0 fully saturated rings. The zero-order valence-corrected chi connectivity index (χ0v) is 49.5. The molecule has 0 aliphatic heterocycles. The Morgan fingerprint density at radius 3 is 1.01 bits per heavy atom. The van der Waals surface area contributed by atoms with Crippen molar-refractivity contribution in [1.82, 2.24) is 9.13 Å². The first-order valence-corrected chi connectivity index (χ1v) is 33.5. The third-order valence-corrected chi connectivity index (χ3v) is 27.2. The SMILES string of the molecule is N#Cc1ccc(-c2cc(-n3c4ccccc4c4cc(N(c5ccccc5)c5ccccc5)ccc43)c(-n3c4ccccc4c4cc(N(c5ccccc5)c5ccccc5)ccc43)c[c]2[Ge]([c]2ccccc2)([c]2ccccc2)[c]2ccccc2)cc1C#N. The fraction of sp³-hybridized carbons (Fsp3) is 0. The standard InChI is InChI=1S/C80H54GeN6/c82-55-58-45-44-57(50-59(58)56-83)71-53-79(86-75-42-24-22-40-69(75)72-51-67(46-48-77(72)86)84(63-32-14-4-15-33-63)64-34-16-5-17-35-64)80(54-74(71)81(60-26-8-1-9-27-60,61-28-10-2-11-29-61)62-30-12-3-13-31-62)87-76-43-25-23-41-70(76)73-52-68(47-49-78(73)87)85(65-36-18-6-19-37-65)66-38-20-7-21-39-66/h1-54H. The molecule has 0 saturated carbocycles. The van der Waals surface area contributed by atoms with Crippen molar-refractivity contribution in [1.29, 1.82) is 10.5 Å². The Labute approximate surface area is 508 Å². The Morgan fingerprint density at radius 1 is 0.276 bits per heavy atom. The molecule has 0 unspecified atom stereocenters. The summed E-state index contributed by atoms with van der Waals surface area (Å²) in [7, 11) is 0. The molecular formula is C80H54GeN6. The molecule has 13 aromatic carbocycles. The molecule has 408 valence electrons. The number of fused-ring (bicyclic) bond motifs is 6. The van der Waals surface area contributed by atoms with Gasteiger partial charge < -0.3 is 0 Å². The number of para-hydroxylation sites is 6. The molecule has 87 heavy (non-hydrogen) atoms. The number of nitrogens with zero attached hydrogens (tertiary/aromatic N) is 6. The van der Waals surface area contributed by atoms with E-state index in [9.17, 15) is 10.5 Å². The van der Waals surface area contributed by atoms with Crippen LogP contribution in [0, 0.1) is 22.7 Å². The fourth-order valence-electron chi connectivity index (χ4n) is 13.3. The minimum absolute atomic E-state index is 0.327. The van der Waals surface area contributed by atoms with E-state index >= 15 is 0 Å². The van der Waals surface area contributed by atoms with Gasteiger partial charge in [0.15, 0.2) is 0 Å². The van der Waals surface area contributed by atoms with Crippen LogP contribution in [0.4, 0.5) is 34.1 Å². The number of aromatic nitrogens is 2. The van der Waals surface area contributed by atoms with Gasteiger partial charge in [-0.05, 0) is 0 Å². The number of benzene rings is 13. The van der Waals surface area contributed by atoms with Crippen LogP contribution in [-0.2, 0) is 0 Å². The second-order valence-corrected chi connectivity index (χ2v) is 29.8. The molecule has 7 heteroatoms. The molecule has 2 heterocycles. The predicted octanol–water partition coefficient (Wildman–Crippen LogP) is 17.6. The quantitative estimate of drug-likeness (QED) is 0.108. The van der Waals surface area contributed by atoms with Gasteiger partial charge in [-0.15, -0.1) is 0 Å². The van der Waals surface area contributed by atoms with Crippen molar-refractivity contribution < 1.29 is 0 Å². The molecule has 15 rings (SSSR count). The average molecular weight is 1170 g/mol. The summed E-state index contributed by atoms with van der Waals surface area (Å²) >= 11 is -4.30. The van der Waals surface area contributed by atoms with Crippen LogP contribution in [0.1, 0.15) is 11.1 Å². The molecule has 0 N–H and O–H groups in total. The summed E-state index contributed by atoms with van der Waals surface area (Å²) in [6, 6.07) is 123. The number of rotatable bonds is 13. The second kappa shape index (κ2) is 22.3. The van der Waals surface area contributed by atoms with Crippen LogP contribution in [0.5, 0.6) is 0 Å². The average Bonchev–Trinajstić information content (AvgIpc) is 1.76. The van der Waals surface area contributed by atoms with Crippen molar-refractivity contribution in [2.75, 3.05) is 9.80 Å². The fourth-order valence-corrected chi connectivity index (χ4v) is 23.8. The van der Waals surface area contributed by atoms with E-state index in [1.165, 1.54) is 17.6 Å². The van der Waals surface area contributed by atoms with Gasteiger partial charge in [0.2, 0.25) is 0 Å². The van der Waals surface area contributed by atoms with Crippen LogP contribution in [0.3, 0.4) is 0 Å². The molecule has 6 nitrogen and oxygen atoms in total. The van der Waals surface area contributed by atoms with E-state index in [-0.39, 0.29) is 0 Å². The molecule has 15 aromatic rings. The summed E-state index contributed by atoms with van der Waals surface area (Å²) in [5.74, 6) is 0. The topological polar surface area (TPSA) is 63.9 Å². The third kappa shape index (κ3) is 8.95. The molecule has 0 bridgehead atoms. The van der Waals surface area contributed by atoms with Gasteiger partial charge in [-0.3, -0.25) is 0 Å². The van der Waals surface area contributed by atoms with Crippen LogP contribution < -0.4 is 27.4 Å². The van der Waals surface area contributed by atoms with Crippen LogP contribution in [0.2, 0.25) is 0 Å². The van der Waals surface area contributed by atoms with Gasteiger partial charge in [0.05, 0.1) is 0 Å². The van der Waals surface area contributed by atoms with E-state index < -0.39 is 13.3 Å². The minimum atomic E-state index is -4.30. The normalized spacial score (nSPS) is 11.4. The van der Waals surface area contributed by atoms with E-state index in [1.54, 1.807) is 0 Å². The third-order valence-electron chi connectivity index (χ3n) is 17.1. The first-order chi connectivity index (χ1) is 43.1. The summed E-state index contributed by atoms with van der Waals surface area (Å²) < 4.78 is 9.90. The Hall–Kier alpha value is -11.4. The zero-order valence-electron chi connectivity index (χ0n) is 47.4. The Kier molecular flexibility index (Phi) is 13.4. The van der Waals surface area contributed by atoms with Crippen molar-refractivity contribution >= 4 is 109 Å². The van der Waals surface area contributed by atoms with Gasteiger partial charge in [0.25, 0.3) is 0 Å². The van der Waals surface area contributed by atoms with Gasteiger partial charge in [0, 0.05) is 0 Å². The van der Waals surface area contributed by atoms with Gasteiger partial charge in [-0.2, -0.15) is 0 Å². The molecule has 0 amide bonds. The van der Waals surface area contributed by atoms with Crippen LogP contribution in [0.15, 0.2) is 328 Å². The van der Waals surface area contributed by atoms with E-state index in [0.29, 0.717) is 11.1 Å². The Balaban J connectivity index is 1.11. The van der Waals surface area contributed by atoms with Crippen molar-refractivity contribution in [3.8, 4) is 34.6 Å². The molecule has 0 saturated heterocycles. The molecular weight excluding hydrogens is 1120 g/mol. The van der Waals surface area contributed by atoms with Gasteiger partial charge >= 0.3 is 463 Å². The second-order valence-electron chi connectivity index (χ2n) is 21.8. The van der Waals surface area contributed by atoms with E-state index in [2.05, 4.69) is 340 Å².